The van der Waals surface area contributed by atoms with E-state index in [1.54, 1.807) is 13.0 Å². The Morgan fingerprint density at radius 3 is 2.80 bits per heavy atom. The Balaban J connectivity index is 2.83. The second-order valence-electron chi connectivity index (χ2n) is 3.11. The number of halogens is 1. The predicted molar refractivity (Wildman–Crippen MR) is 54.6 cm³/mol. The fourth-order valence-electron chi connectivity index (χ4n) is 1.12. The molecule has 4 heteroatoms. The lowest BCUT2D eigenvalue weighted by molar-refractivity contribution is 0.240. The number of hydrogen-bond acceptors (Lipinski definition) is 3. The third-order valence-corrected chi connectivity index (χ3v) is 2.02. The van der Waals surface area contributed by atoms with Crippen molar-refractivity contribution < 1.29 is 9.13 Å². The third-order valence-electron chi connectivity index (χ3n) is 2.02. The van der Waals surface area contributed by atoms with Gasteiger partial charge in [-0.05, 0) is 24.1 Å². The van der Waals surface area contributed by atoms with Crippen LogP contribution < -0.4 is 10.5 Å². The standard InChI is InChI=1S/C11H13FN2O/c1-2-9(7-14)15-11-4-3-8(6-13)5-10(11)12/h3-5,9H,2,6,13H2,1H3. The van der Waals surface area contributed by atoms with Gasteiger partial charge in [0, 0.05) is 6.54 Å². The molecular weight excluding hydrogens is 195 g/mol. The van der Waals surface area contributed by atoms with Crippen molar-refractivity contribution in [1.82, 2.24) is 0 Å². The van der Waals surface area contributed by atoms with E-state index in [2.05, 4.69) is 0 Å². The first-order chi connectivity index (χ1) is 7.21. The molecule has 0 heterocycles. The number of rotatable bonds is 4. The Morgan fingerprint density at radius 1 is 1.60 bits per heavy atom. The molecule has 0 aliphatic rings. The van der Waals surface area contributed by atoms with Gasteiger partial charge in [0.05, 0.1) is 0 Å². The number of ether oxygens (including phenoxy) is 1. The van der Waals surface area contributed by atoms with E-state index >= 15 is 0 Å². The first-order valence-corrected chi connectivity index (χ1v) is 4.76. The van der Waals surface area contributed by atoms with Crippen molar-refractivity contribution in [2.24, 2.45) is 5.73 Å². The van der Waals surface area contributed by atoms with Gasteiger partial charge in [0.25, 0.3) is 0 Å². The number of nitrogens with zero attached hydrogens (tertiary/aromatic N) is 1. The fraction of sp³-hybridized carbons (Fsp3) is 0.364. The molecule has 0 spiro atoms. The summed E-state index contributed by atoms with van der Waals surface area (Å²) in [5.74, 6) is -0.382. The zero-order chi connectivity index (χ0) is 11.3. The minimum Gasteiger partial charge on any atom is -0.473 e. The van der Waals surface area contributed by atoms with Crippen molar-refractivity contribution in [1.29, 1.82) is 5.26 Å². The molecule has 1 aromatic rings. The zero-order valence-electron chi connectivity index (χ0n) is 8.53. The molecule has 0 saturated heterocycles. The van der Waals surface area contributed by atoms with Gasteiger partial charge < -0.3 is 10.5 Å². The second-order valence-corrected chi connectivity index (χ2v) is 3.11. The number of nitrogens with two attached hydrogens (primary N) is 1. The topological polar surface area (TPSA) is 59.0 Å². The average Bonchev–Trinajstić information content (AvgIpc) is 2.27. The van der Waals surface area contributed by atoms with Crippen molar-refractivity contribution in [3.05, 3.63) is 29.6 Å². The molecule has 1 aromatic carbocycles. The van der Waals surface area contributed by atoms with Crippen molar-refractivity contribution >= 4 is 0 Å². The molecule has 1 rings (SSSR count). The molecule has 1 unspecified atom stereocenters. The van der Waals surface area contributed by atoms with Gasteiger partial charge >= 0.3 is 0 Å². The highest BCUT2D eigenvalue weighted by Crippen LogP contribution is 2.19. The number of nitriles is 1. The summed E-state index contributed by atoms with van der Waals surface area (Å²) < 4.78 is 18.5. The van der Waals surface area contributed by atoms with Crippen LogP contribution in [0.15, 0.2) is 18.2 Å². The van der Waals surface area contributed by atoms with E-state index in [9.17, 15) is 4.39 Å². The van der Waals surface area contributed by atoms with Crippen LogP contribution in [0, 0.1) is 17.1 Å². The van der Waals surface area contributed by atoms with Crippen LogP contribution in [0.25, 0.3) is 0 Å². The maximum atomic E-state index is 13.4. The van der Waals surface area contributed by atoms with Crippen molar-refractivity contribution in [3.8, 4) is 11.8 Å². The molecule has 15 heavy (non-hydrogen) atoms. The molecule has 2 N–H and O–H groups in total. The van der Waals surface area contributed by atoms with Crippen molar-refractivity contribution in [3.63, 3.8) is 0 Å². The minimum atomic E-state index is -0.608. The Hall–Kier alpha value is -1.60. The lowest BCUT2D eigenvalue weighted by Gasteiger charge is -2.11. The van der Waals surface area contributed by atoms with Crippen LogP contribution in [-0.4, -0.2) is 6.10 Å². The van der Waals surface area contributed by atoms with E-state index in [4.69, 9.17) is 15.7 Å². The van der Waals surface area contributed by atoms with Crippen LogP contribution in [0.2, 0.25) is 0 Å². The molecular formula is C11H13FN2O. The maximum absolute atomic E-state index is 13.4. The van der Waals surface area contributed by atoms with Crippen molar-refractivity contribution in [2.45, 2.75) is 26.0 Å². The van der Waals surface area contributed by atoms with Crippen LogP contribution in [0.4, 0.5) is 4.39 Å². The van der Waals surface area contributed by atoms with E-state index in [0.717, 1.165) is 0 Å². The molecule has 0 bridgehead atoms. The fourth-order valence-corrected chi connectivity index (χ4v) is 1.12. The number of benzene rings is 1. The summed E-state index contributed by atoms with van der Waals surface area (Å²) in [6, 6.07) is 6.44. The summed E-state index contributed by atoms with van der Waals surface area (Å²) in [4.78, 5) is 0. The van der Waals surface area contributed by atoms with Gasteiger partial charge in [0.2, 0.25) is 0 Å². The average molecular weight is 208 g/mol. The monoisotopic (exact) mass is 208 g/mol. The second kappa shape index (κ2) is 5.32. The van der Waals surface area contributed by atoms with Gasteiger partial charge in [-0.3, -0.25) is 0 Å². The Labute approximate surface area is 88.3 Å². The minimum absolute atomic E-state index is 0.0978. The summed E-state index contributed by atoms with van der Waals surface area (Å²) in [6.45, 7) is 2.09. The van der Waals surface area contributed by atoms with Gasteiger partial charge in [-0.15, -0.1) is 0 Å². The highest BCUT2D eigenvalue weighted by atomic mass is 19.1. The van der Waals surface area contributed by atoms with E-state index in [1.807, 2.05) is 6.07 Å². The van der Waals surface area contributed by atoms with E-state index in [1.165, 1.54) is 12.1 Å². The molecule has 3 nitrogen and oxygen atoms in total. The highest BCUT2D eigenvalue weighted by molar-refractivity contribution is 5.29. The molecule has 80 valence electrons. The van der Waals surface area contributed by atoms with Gasteiger partial charge in [-0.2, -0.15) is 5.26 Å². The molecule has 0 aliphatic carbocycles. The van der Waals surface area contributed by atoms with Crippen LogP contribution in [0.1, 0.15) is 18.9 Å². The first kappa shape index (κ1) is 11.5. The normalized spacial score (nSPS) is 11.9. The highest BCUT2D eigenvalue weighted by Gasteiger charge is 2.10. The molecule has 1 atom stereocenters. The lowest BCUT2D eigenvalue weighted by Crippen LogP contribution is -2.13. The summed E-state index contributed by atoms with van der Waals surface area (Å²) in [5.41, 5.74) is 6.06. The Kier molecular flexibility index (Phi) is 4.07. The molecule has 0 aromatic heterocycles. The van der Waals surface area contributed by atoms with Gasteiger partial charge in [-0.25, -0.2) is 4.39 Å². The van der Waals surface area contributed by atoms with Gasteiger partial charge in [-0.1, -0.05) is 13.0 Å². The molecule has 0 fully saturated rings. The largest absolute Gasteiger partial charge is 0.473 e. The summed E-state index contributed by atoms with van der Waals surface area (Å²) in [6.07, 6.45) is -0.0857. The third kappa shape index (κ3) is 2.93. The van der Waals surface area contributed by atoms with Crippen LogP contribution in [-0.2, 0) is 6.54 Å². The van der Waals surface area contributed by atoms with E-state index in [0.29, 0.717) is 12.0 Å². The van der Waals surface area contributed by atoms with Gasteiger partial charge in [0.1, 0.15) is 6.07 Å². The Morgan fingerprint density at radius 2 is 2.33 bits per heavy atom. The van der Waals surface area contributed by atoms with E-state index in [-0.39, 0.29) is 12.3 Å². The summed E-state index contributed by atoms with van der Waals surface area (Å²) >= 11 is 0. The molecule has 0 amide bonds. The van der Waals surface area contributed by atoms with Crippen LogP contribution in [0.3, 0.4) is 0 Å². The predicted octanol–water partition coefficient (Wildman–Crippen LogP) is 1.97. The molecule has 0 saturated carbocycles. The van der Waals surface area contributed by atoms with Crippen molar-refractivity contribution in [2.75, 3.05) is 0 Å². The van der Waals surface area contributed by atoms with Crippen LogP contribution >= 0.6 is 0 Å². The molecule has 0 radical (unpaired) electrons. The molecule has 0 aliphatic heterocycles. The number of hydrogen-bond donors (Lipinski definition) is 1. The SMILES string of the molecule is CCC(C#N)Oc1ccc(CN)cc1F. The summed E-state index contributed by atoms with van der Waals surface area (Å²) in [5, 5.41) is 8.66. The van der Waals surface area contributed by atoms with E-state index < -0.39 is 11.9 Å². The Bertz CT molecular complexity index is 373. The maximum Gasteiger partial charge on any atom is 0.184 e. The zero-order valence-corrected chi connectivity index (χ0v) is 8.53. The van der Waals surface area contributed by atoms with Gasteiger partial charge in [0.15, 0.2) is 17.7 Å². The smallest absolute Gasteiger partial charge is 0.184 e. The van der Waals surface area contributed by atoms with Crippen LogP contribution in [0.5, 0.6) is 5.75 Å². The summed E-state index contributed by atoms with van der Waals surface area (Å²) in [7, 11) is 0. The lowest BCUT2D eigenvalue weighted by atomic mass is 10.2. The first-order valence-electron chi connectivity index (χ1n) is 4.76. The quantitative estimate of drug-likeness (QED) is 0.822.